The Kier molecular flexibility index (Phi) is 7.96. The molecular formula is C21H38N5+. The van der Waals surface area contributed by atoms with E-state index >= 15 is 0 Å². The van der Waals surface area contributed by atoms with Gasteiger partial charge in [0.05, 0.1) is 6.04 Å². The molecule has 0 amide bonds. The summed E-state index contributed by atoms with van der Waals surface area (Å²) in [6.07, 6.45) is 21.1. The molecule has 1 aromatic rings. The molecule has 4 N–H and O–H groups in total. The molecule has 2 saturated carbocycles. The first-order chi connectivity index (χ1) is 12.8. The van der Waals surface area contributed by atoms with Gasteiger partial charge in [-0.2, -0.15) is 0 Å². The molecule has 5 nitrogen and oxygen atoms in total. The molecule has 0 spiro atoms. The van der Waals surface area contributed by atoms with Gasteiger partial charge in [-0.25, -0.2) is 4.98 Å². The summed E-state index contributed by atoms with van der Waals surface area (Å²) in [6, 6.07) is 0.512. The van der Waals surface area contributed by atoms with Crippen molar-refractivity contribution in [3.8, 4) is 0 Å². The molecule has 0 unspecified atom stereocenters. The second-order valence-electron chi connectivity index (χ2n) is 8.38. The highest BCUT2D eigenvalue weighted by Crippen LogP contribution is 2.28. The molecule has 2 aliphatic rings. The third-order valence-electron chi connectivity index (χ3n) is 6.12. The van der Waals surface area contributed by atoms with Crippen LogP contribution in [-0.2, 0) is 0 Å². The molecule has 3 rings (SSSR count). The third kappa shape index (κ3) is 6.40. The van der Waals surface area contributed by atoms with Crippen LogP contribution in [0.4, 0.5) is 11.9 Å². The van der Waals surface area contributed by atoms with Crippen LogP contribution in [0.1, 0.15) is 114 Å². The van der Waals surface area contributed by atoms with Gasteiger partial charge in [-0.05, 0) is 25.7 Å². The monoisotopic (exact) mass is 360 g/mol. The first-order valence-electron chi connectivity index (χ1n) is 11.1. The summed E-state index contributed by atoms with van der Waals surface area (Å²) in [5, 5.41) is 3.63. The van der Waals surface area contributed by atoms with Gasteiger partial charge in [0, 0.05) is 5.92 Å². The van der Waals surface area contributed by atoms with Crippen molar-refractivity contribution >= 4 is 11.9 Å². The van der Waals surface area contributed by atoms with E-state index in [1.54, 1.807) is 0 Å². The summed E-state index contributed by atoms with van der Waals surface area (Å²) in [7, 11) is 0. The van der Waals surface area contributed by atoms with Gasteiger partial charge in [0.1, 0.15) is 0 Å². The van der Waals surface area contributed by atoms with Gasteiger partial charge >= 0.3 is 11.9 Å². The zero-order chi connectivity index (χ0) is 18.0. The van der Waals surface area contributed by atoms with E-state index in [1.807, 2.05) is 0 Å². The number of nitrogen functional groups attached to an aromatic ring is 1. The molecule has 0 saturated heterocycles. The molecule has 5 heteroatoms. The number of hydrogen-bond donors (Lipinski definition) is 2. The molecule has 26 heavy (non-hydrogen) atoms. The summed E-state index contributed by atoms with van der Waals surface area (Å²) in [5.74, 6) is 2.74. The quantitative estimate of drug-likeness (QED) is 0.794. The van der Waals surface area contributed by atoms with E-state index in [4.69, 9.17) is 10.7 Å². The highest BCUT2D eigenvalue weighted by molar-refractivity contribution is 5.23. The van der Waals surface area contributed by atoms with E-state index in [0.29, 0.717) is 17.9 Å². The molecule has 0 radical (unpaired) electrons. The number of hydrogen-bond acceptors (Lipinski definition) is 4. The van der Waals surface area contributed by atoms with Crippen LogP contribution in [0, 0.1) is 0 Å². The first kappa shape index (κ1) is 19.4. The molecule has 2 fully saturated rings. The lowest BCUT2D eigenvalue weighted by atomic mass is 9.91. The number of aromatic amines is 1. The molecule has 0 bridgehead atoms. The number of anilines is 2. The molecule has 1 aromatic heterocycles. The Balaban J connectivity index is 1.66. The number of nitrogens with one attached hydrogen (secondary N) is 2. The Morgan fingerprint density at radius 3 is 1.77 bits per heavy atom. The number of nitrogens with two attached hydrogens (primary N) is 1. The van der Waals surface area contributed by atoms with Crippen molar-refractivity contribution in [2.24, 2.45) is 0 Å². The van der Waals surface area contributed by atoms with E-state index in [1.165, 1.54) is 103 Å². The summed E-state index contributed by atoms with van der Waals surface area (Å²) in [4.78, 5) is 12.6. The van der Waals surface area contributed by atoms with Gasteiger partial charge in [0.25, 0.3) is 0 Å². The van der Waals surface area contributed by atoms with Crippen molar-refractivity contribution in [1.82, 2.24) is 9.97 Å². The molecule has 2 aliphatic carbocycles. The predicted molar refractivity (Wildman–Crippen MR) is 107 cm³/mol. The van der Waals surface area contributed by atoms with Gasteiger partial charge in [0.15, 0.2) is 0 Å². The van der Waals surface area contributed by atoms with Crippen molar-refractivity contribution in [3.05, 3.63) is 5.82 Å². The van der Waals surface area contributed by atoms with E-state index in [0.717, 1.165) is 11.8 Å². The zero-order valence-electron chi connectivity index (χ0n) is 16.4. The van der Waals surface area contributed by atoms with Gasteiger partial charge in [-0.3, -0.25) is 0 Å². The smallest absolute Gasteiger partial charge is 0.320 e. The van der Waals surface area contributed by atoms with E-state index in [-0.39, 0.29) is 0 Å². The summed E-state index contributed by atoms with van der Waals surface area (Å²) < 4.78 is 0. The zero-order valence-corrected chi connectivity index (χ0v) is 16.4. The summed E-state index contributed by atoms with van der Waals surface area (Å²) >= 11 is 0. The standard InChI is InChI=1S/C21H37N5/c22-20-24-19(17-13-9-5-2-1-3-6-10-14-17)25-21(26-20)23-18-15-11-7-4-8-12-16-18/h17-18H,1-16H2,(H3,22,23,24,25,26)/p+1. The maximum atomic E-state index is 6.11. The van der Waals surface area contributed by atoms with Gasteiger partial charge in [-0.15, -0.1) is 9.97 Å². The molecule has 0 aromatic carbocycles. The van der Waals surface area contributed by atoms with Crippen molar-refractivity contribution < 1.29 is 4.98 Å². The highest BCUT2D eigenvalue weighted by Gasteiger charge is 2.23. The maximum Gasteiger partial charge on any atom is 0.321 e. The Morgan fingerprint density at radius 1 is 0.692 bits per heavy atom. The van der Waals surface area contributed by atoms with Crippen LogP contribution < -0.4 is 16.0 Å². The number of aromatic nitrogens is 3. The minimum Gasteiger partial charge on any atom is -0.320 e. The van der Waals surface area contributed by atoms with Crippen molar-refractivity contribution in [3.63, 3.8) is 0 Å². The Bertz CT molecular complexity index is 515. The fourth-order valence-corrected chi connectivity index (χ4v) is 4.55. The average molecular weight is 361 g/mol. The first-order valence-corrected chi connectivity index (χ1v) is 11.1. The third-order valence-corrected chi connectivity index (χ3v) is 6.12. The number of nitrogens with zero attached hydrogens (tertiary/aromatic N) is 2. The minimum absolute atomic E-state index is 0.461. The second-order valence-corrected chi connectivity index (χ2v) is 8.38. The van der Waals surface area contributed by atoms with Crippen LogP contribution in [0.2, 0.25) is 0 Å². The molecule has 1 heterocycles. The molecule has 0 atom stereocenters. The second kappa shape index (κ2) is 10.7. The molecule has 0 aliphatic heterocycles. The van der Waals surface area contributed by atoms with Gasteiger partial charge in [0.2, 0.25) is 5.82 Å². The van der Waals surface area contributed by atoms with Crippen LogP contribution in [0.25, 0.3) is 0 Å². The van der Waals surface area contributed by atoms with Crippen molar-refractivity contribution in [2.45, 2.75) is 115 Å². The van der Waals surface area contributed by atoms with Crippen molar-refractivity contribution in [2.75, 3.05) is 11.1 Å². The summed E-state index contributed by atoms with van der Waals surface area (Å²) in [5.41, 5.74) is 6.11. The predicted octanol–water partition coefficient (Wildman–Crippen LogP) is 5.01. The Morgan fingerprint density at radius 2 is 1.19 bits per heavy atom. The molecule has 146 valence electrons. The van der Waals surface area contributed by atoms with Crippen LogP contribution in [0.5, 0.6) is 0 Å². The van der Waals surface area contributed by atoms with Crippen LogP contribution in [0.15, 0.2) is 0 Å². The Hall–Kier alpha value is -1.39. The van der Waals surface area contributed by atoms with Gasteiger partial charge < -0.3 is 11.1 Å². The highest BCUT2D eigenvalue weighted by atomic mass is 15.2. The fraction of sp³-hybridized carbons (Fsp3) is 0.857. The van der Waals surface area contributed by atoms with Crippen LogP contribution in [-0.4, -0.2) is 16.0 Å². The minimum atomic E-state index is 0.461. The van der Waals surface area contributed by atoms with Gasteiger partial charge in [-0.1, -0.05) is 77.0 Å². The topological polar surface area (TPSA) is 78.0 Å². The average Bonchev–Trinajstić information content (AvgIpc) is 2.61. The lowest BCUT2D eigenvalue weighted by Gasteiger charge is -2.19. The fourth-order valence-electron chi connectivity index (χ4n) is 4.55. The summed E-state index contributed by atoms with van der Waals surface area (Å²) in [6.45, 7) is 0. The van der Waals surface area contributed by atoms with Crippen LogP contribution >= 0.6 is 0 Å². The molecular weight excluding hydrogens is 322 g/mol. The normalized spacial score (nSPS) is 22.3. The lowest BCUT2D eigenvalue weighted by molar-refractivity contribution is -0.352. The van der Waals surface area contributed by atoms with E-state index < -0.39 is 0 Å². The van der Waals surface area contributed by atoms with E-state index in [9.17, 15) is 0 Å². The largest absolute Gasteiger partial charge is 0.321 e. The van der Waals surface area contributed by atoms with E-state index in [2.05, 4.69) is 15.3 Å². The maximum absolute atomic E-state index is 6.11. The lowest BCUT2D eigenvalue weighted by Crippen LogP contribution is -2.29. The van der Waals surface area contributed by atoms with Crippen molar-refractivity contribution in [1.29, 1.82) is 0 Å². The number of rotatable bonds is 3. The van der Waals surface area contributed by atoms with Crippen LogP contribution in [0.3, 0.4) is 0 Å². The number of H-pyrrole nitrogens is 1. The Labute approximate surface area is 159 Å². The SMILES string of the molecule is Nc1nc(C2CCCCCCCCC2)nc(NC2CCCCCCC2)[nH+]1.